The molecule has 1 rings (SSSR count). The highest BCUT2D eigenvalue weighted by molar-refractivity contribution is 7.10. The van der Waals surface area contributed by atoms with Gasteiger partial charge in [-0.05, 0) is 36.4 Å². The van der Waals surface area contributed by atoms with E-state index in [-0.39, 0.29) is 0 Å². The SMILES string of the molecule is CCC(CC)CN(CC)C(CN)c1sccc1C. The second-order valence-electron chi connectivity index (χ2n) is 4.99. The standard InChI is InChI=1S/C15H28N2S/c1-5-13(6-2)11-17(7-3)14(10-16)15-12(4)8-9-18-15/h8-9,13-14H,5-7,10-11,16H2,1-4H3. The molecule has 18 heavy (non-hydrogen) atoms. The lowest BCUT2D eigenvalue weighted by molar-refractivity contribution is 0.176. The Balaban J connectivity index is 2.81. The predicted molar refractivity (Wildman–Crippen MR) is 82.2 cm³/mol. The van der Waals surface area contributed by atoms with Gasteiger partial charge in [0.25, 0.3) is 0 Å². The summed E-state index contributed by atoms with van der Waals surface area (Å²) < 4.78 is 0. The second kappa shape index (κ2) is 7.93. The molecule has 1 aromatic rings. The fourth-order valence-corrected chi connectivity index (χ4v) is 3.58. The predicted octanol–water partition coefficient (Wildman–Crippen LogP) is 3.81. The molecular weight excluding hydrogens is 240 g/mol. The molecular formula is C15H28N2S. The summed E-state index contributed by atoms with van der Waals surface area (Å²) in [6, 6.07) is 2.60. The van der Waals surface area contributed by atoms with Gasteiger partial charge in [-0.1, -0.05) is 33.6 Å². The lowest BCUT2D eigenvalue weighted by atomic mass is 10.0. The van der Waals surface area contributed by atoms with Gasteiger partial charge in [-0.2, -0.15) is 0 Å². The van der Waals surface area contributed by atoms with Crippen LogP contribution in [0.15, 0.2) is 11.4 Å². The first-order valence-corrected chi connectivity index (χ1v) is 8.03. The topological polar surface area (TPSA) is 29.3 Å². The van der Waals surface area contributed by atoms with Crippen LogP contribution in [-0.2, 0) is 0 Å². The fourth-order valence-electron chi connectivity index (χ4n) is 2.50. The molecule has 0 spiro atoms. The first-order chi connectivity index (χ1) is 8.67. The van der Waals surface area contributed by atoms with Crippen LogP contribution < -0.4 is 5.73 Å². The molecule has 0 aliphatic carbocycles. The van der Waals surface area contributed by atoms with Crippen LogP contribution in [0.1, 0.15) is 50.1 Å². The Morgan fingerprint density at radius 1 is 1.28 bits per heavy atom. The van der Waals surface area contributed by atoms with Gasteiger partial charge in [-0.3, -0.25) is 4.90 Å². The Morgan fingerprint density at radius 3 is 2.33 bits per heavy atom. The van der Waals surface area contributed by atoms with Gasteiger partial charge in [0, 0.05) is 18.0 Å². The molecule has 0 bridgehead atoms. The van der Waals surface area contributed by atoms with E-state index in [9.17, 15) is 0 Å². The minimum Gasteiger partial charge on any atom is -0.329 e. The van der Waals surface area contributed by atoms with Crippen molar-refractivity contribution in [2.75, 3.05) is 19.6 Å². The van der Waals surface area contributed by atoms with Gasteiger partial charge in [-0.25, -0.2) is 0 Å². The Hall–Kier alpha value is -0.380. The third kappa shape index (κ3) is 3.81. The summed E-state index contributed by atoms with van der Waals surface area (Å²) in [5.74, 6) is 0.791. The molecule has 0 aliphatic heterocycles. The van der Waals surface area contributed by atoms with E-state index in [4.69, 9.17) is 5.73 Å². The van der Waals surface area contributed by atoms with Crippen LogP contribution in [0.3, 0.4) is 0 Å². The number of thiophene rings is 1. The molecule has 1 atom stereocenters. The normalized spacial score (nSPS) is 13.5. The number of hydrogen-bond acceptors (Lipinski definition) is 3. The van der Waals surface area contributed by atoms with Gasteiger partial charge in [0.05, 0.1) is 6.04 Å². The number of nitrogens with two attached hydrogens (primary N) is 1. The van der Waals surface area contributed by atoms with E-state index in [1.807, 2.05) is 11.3 Å². The smallest absolute Gasteiger partial charge is 0.0566 e. The zero-order valence-electron chi connectivity index (χ0n) is 12.3. The van der Waals surface area contributed by atoms with Crippen molar-refractivity contribution >= 4 is 11.3 Å². The minimum atomic E-state index is 0.399. The van der Waals surface area contributed by atoms with E-state index in [1.54, 1.807) is 0 Å². The van der Waals surface area contributed by atoms with Crippen molar-refractivity contribution in [1.82, 2.24) is 4.90 Å². The summed E-state index contributed by atoms with van der Waals surface area (Å²) in [6.07, 6.45) is 2.52. The summed E-state index contributed by atoms with van der Waals surface area (Å²) in [5, 5.41) is 2.18. The maximum absolute atomic E-state index is 6.03. The van der Waals surface area contributed by atoms with Gasteiger partial charge in [0.2, 0.25) is 0 Å². The summed E-state index contributed by atoms with van der Waals surface area (Å²) >= 11 is 1.85. The lowest BCUT2D eigenvalue weighted by Gasteiger charge is -2.32. The highest BCUT2D eigenvalue weighted by Gasteiger charge is 2.22. The summed E-state index contributed by atoms with van der Waals surface area (Å²) in [6.45, 7) is 12.0. The largest absolute Gasteiger partial charge is 0.329 e. The fraction of sp³-hybridized carbons (Fsp3) is 0.733. The van der Waals surface area contributed by atoms with E-state index < -0.39 is 0 Å². The van der Waals surface area contributed by atoms with Crippen molar-refractivity contribution in [1.29, 1.82) is 0 Å². The lowest BCUT2D eigenvalue weighted by Crippen LogP contribution is -2.37. The maximum atomic E-state index is 6.03. The molecule has 0 aromatic carbocycles. The summed E-state index contributed by atoms with van der Waals surface area (Å²) in [5.41, 5.74) is 7.42. The van der Waals surface area contributed by atoms with E-state index in [2.05, 4.69) is 44.0 Å². The highest BCUT2D eigenvalue weighted by atomic mass is 32.1. The first-order valence-electron chi connectivity index (χ1n) is 7.15. The van der Waals surface area contributed by atoms with E-state index >= 15 is 0 Å². The molecule has 3 heteroatoms. The van der Waals surface area contributed by atoms with Crippen molar-refractivity contribution in [3.63, 3.8) is 0 Å². The molecule has 1 aromatic heterocycles. The minimum absolute atomic E-state index is 0.399. The van der Waals surface area contributed by atoms with Crippen LogP contribution >= 0.6 is 11.3 Å². The van der Waals surface area contributed by atoms with E-state index in [0.29, 0.717) is 6.04 Å². The van der Waals surface area contributed by atoms with Gasteiger partial charge in [0.15, 0.2) is 0 Å². The first kappa shape index (κ1) is 15.7. The van der Waals surface area contributed by atoms with E-state index in [1.165, 1.54) is 29.8 Å². The molecule has 2 nitrogen and oxygen atoms in total. The Kier molecular flexibility index (Phi) is 6.90. The van der Waals surface area contributed by atoms with Crippen molar-refractivity contribution < 1.29 is 0 Å². The molecule has 0 saturated carbocycles. The molecule has 2 N–H and O–H groups in total. The van der Waals surface area contributed by atoms with Crippen molar-refractivity contribution in [3.05, 3.63) is 21.9 Å². The quantitative estimate of drug-likeness (QED) is 0.776. The molecule has 1 unspecified atom stereocenters. The number of aryl methyl sites for hydroxylation is 1. The van der Waals surface area contributed by atoms with Crippen molar-refractivity contribution in [2.24, 2.45) is 11.7 Å². The highest BCUT2D eigenvalue weighted by Crippen LogP contribution is 2.29. The van der Waals surface area contributed by atoms with Crippen LogP contribution in [0, 0.1) is 12.8 Å². The number of likely N-dealkylation sites (N-methyl/N-ethyl adjacent to an activating group) is 1. The molecule has 0 amide bonds. The number of nitrogens with zero attached hydrogens (tertiary/aromatic N) is 1. The summed E-state index contributed by atoms with van der Waals surface area (Å²) in [4.78, 5) is 4.00. The average Bonchev–Trinajstić information content (AvgIpc) is 2.81. The van der Waals surface area contributed by atoms with Crippen LogP contribution in [0.2, 0.25) is 0 Å². The third-order valence-corrected chi connectivity index (χ3v) is 5.04. The van der Waals surface area contributed by atoms with Crippen LogP contribution in [0.25, 0.3) is 0 Å². The van der Waals surface area contributed by atoms with Gasteiger partial charge in [0.1, 0.15) is 0 Å². The van der Waals surface area contributed by atoms with E-state index in [0.717, 1.165) is 19.0 Å². The second-order valence-corrected chi connectivity index (χ2v) is 5.94. The van der Waals surface area contributed by atoms with Crippen molar-refractivity contribution in [3.8, 4) is 0 Å². The van der Waals surface area contributed by atoms with Gasteiger partial charge < -0.3 is 5.73 Å². The molecule has 104 valence electrons. The molecule has 0 saturated heterocycles. The zero-order chi connectivity index (χ0) is 13.5. The molecule has 1 heterocycles. The molecule has 0 fully saturated rings. The Labute approximate surface area is 116 Å². The van der Waals surface area contributed by atoms with Gasteiger partial charge in [-0.15, -0.1) is 11.3 Å². The van der Waals surface area contributed by atoms with Crippen LogP contribution in [0.4, 0.5) is 0 Å². The third-order valence-electron chi connectivity index (χ3n) is 3.92. The monoisotopic (exact) mass is 268 g/mol. The van der Waals surface area contributed by atoms with Crippen LogP contribution in [-0.4, -0.2) is 24.5 Å². The zero-order valence-corrected chi connectivity index (χ0v) is 13.1. The Bertz CT molecular complexity index is 331. The number of rotatable bonds is 8. The average molecular weight is 268 g/mol. The molecule has 0 radical (unpaired) electrons. The molecule has 0 aliphatic rings. The van der Waals surface area contributed by atoms with Gasteiger partial charge >= 0.3 is 0 Å². The maximum Gasteiger partial charge on any atom is 0.0566 e. The summed E-state index contributed by atoms with van der Waals surface area (Å²) in [7, 11) is 0. The number of hydrogen-bond donors (Lipinski definition) is 1. The Morgan fingerprint density at radius 2 is 1.94 bits per heavy atom. The van der Waals surface area contributed by atoms with Crippen molar-refractivity contribution in [2.45, 2.75) is 46.6 Å². The van der Waals surface area contributed by atoms with Crippen LogP contribution in [0.5, 0.6) is 0 Å².